The molecule has 6 nitrogen and oxygen atoms in total. The summed E-state index contributed by atoms with van der Waals surface area (Å²) in [5, 5.41) is 8.89. The van der Waals surface area contributed by atoms with Gasteiger partial charge < -0.3 is 9.80 Å². The minimum Gasteiger partial charge on any atom is -0.370 e. The van der Waals surface area contributed by atoms with Gasteiger partial charge in [-0.05, 0) is 55.8 Å². The van der Waals surface area contributed by atoms with E-state index >= 15 is 0 Å². The van der Waals surface area contributed by atoms with Gasteiger partial charge in [-0.25, -0.2) is 9.07 Å². The van der Waals surface area contributed by atoms with Gasteiger partial charge in [-0.15, -0.1) is 5.10 Å². The molecule has 0 aliphatic carbocycles. The summed E-state index contributed by atoms with van der Waals surface area (Å²) in [5.41, 5.74) is 2.75. The molecule has 3 aromatic rings. The highest BCUT2D eigenvalue weighted by molar-refractivity contribution is 6.30. The van der Waals surface area contributed by atoms with Crippen molar-refractivity contribution in [3.8, 4) is 5.69 Å². The Bertz CT molecular complexity index is 1020. The first-order valence-corrected chi connectivity index (χ1v) is 9.89. The third kappa shape index (κ3) is 4.10. The van der Waals surface area contributed by atoms with Crippen LogP contribution in [-0.4, -0.2) is 52.0 Å². The van der Waals surface area contributed by atoms with Crippen LogP contribution in [0.1, 0.15) is 22.6 Å². The maximum atomic E-state index is 13.2. The lowest BCUT2D eigenvalue weighted by Crippen LogP contribution is -2.35. The number of rotatable bonds is 3. The second-order valence-electron chi connectivity index (χ2n) is 7.02. The zero-order valence-corrected chi connectivity index (χ0v) is 16.8. The van der Waals surface area contributed by atoms with Gasteiger partial charge in [0.2, 0.25) is 0 Å². The topological polar surface area (TPSA) is 54.3 Å². The highest BCUT2D eigenvalue weighted by Gasteiger charge is 2.25. The van der Waals surface area contributed by atoms with Crippen LogP contribution < -0.4 is 4.90 Å². The van der Waals surface area contributed by atoms with E-state index in [4.69, 9.17) is 11.6 Å². The molecule has 4 rings (SSSR count). The van der Waals surface area contributed by atoms with Crippen LogP contribution >= 0.6 is 11.6 Å². The molecule has 0 radical (unpaired) electrons. The van der Waals surface area contributed by atoms with E-state index in [1.54, 1.807) is 28.9 Å². The molecule has 2 heterocycles. The molecule has 2 aromatic carbocycles. The van der Waals surface area contributed by atoms with E-state index in [-0.39, 0.29) is 11.7 Å². The zero-order chi connectivity index (χ0) is 20.4. The minimum absolute atomic E-state index is 0.128. The van der Waals surface area contributed by atoms with Crippen LogP contribution in [-0.2, 0) is 0 Å². The monoisotopic (exact) mass is 413 g/mol. The fraction of sp³-hybridized carbons (Fsp3) is 0.286. The molecule has 0 spiro atoms. The van der Waals surface area contributed by atoms with Gasteiger partial charge in [-0.1, -0.05) is 22.9 Å². The molecular formula is C21H21ClFN5O. The summed E-state index contributed by atoms with van der Waals surface area (Å²) in [6.45, 7) is 4.53. The molecule has 0 unspecified atom stereocenters. The van der Waals surface area contributed by atoms with Crippen molar-refractivity contribution in [1.82, 2.24) is 19.9 Å². The van der Waals surface area contributed by atoms with E-state index in [9.17, 15) is 9.18 Å². The number of hydrogen-bond donors (Lipinski definition) is 0. The molecule has 0 N–H and O–H groups in total. The van der Waals surface area contributed by atoms with Gasteiger partial charge in [0.05, 0.1) is 11.4 Å². The van der Waals surface area contributed by atoms with E-state index in [1.807, 2.05) is 24.0 Å². The van der Waals surface area contributed by atoms with Crippen molar-refractivity contribution in [3.05, 3.63) is 70.8 Å². The van der Waals surface area contributed by atoms with Crippen LogP contribution in [0.5, 0.6) is 0 Å². The maximum Gasteiger partial charge on any atom is 0.276 e. The standard InChI is InChI=1S/C21H21ClFN5O/c1-15-20(24-25-28(15)19-5-2-4-16(22)14-19)21(29)27-11-3-10-26(12-13-27)18-8-6-17(23)7-9-18/h2,4-9,14H,3,10-13H2,1H3. The Kier molecular flexibility index (Phi) is 5.49. The average Bonchev–Trinajstić information content (AvgIpc) is 2.94. The number of hydrogen-bond acceptors (Lipinski definition) is 4. The highest BCUT2D eigenvalue weighted by atomic mass is 35.5. The summed E-state index contributed by atoms with van der Waals surface area (Å²) >= 11 is 6.07. The van der Waals surface area contributed by atoms with Crippen LogP contribution in [0.15, 0.2) is 48.5 Å². The predicted molar refractivity (Wildman–Crippen MR) is 110 cm³/mol. The molecule has 29 heavy (non-hydrogen) atoms. The summed E-state index contributed by atoms with van der Waals surface area (Å²) in [5.74, 6) is -0.379. The number of carbonyl (C=O) groups excluding carboxylic acids is 1. The van der Waals surface area contributed by atoms with Crippen LogP contribution in [0, 0.1) is 12.7 Å². The highest BCUT2D eigenvalue weighted by Crippen LogP contribution is 2.20. The third-order valence-corrected chi connectivity index (χ3v) is 5.36. The molecular weight excluding hydrogens is 393 g/mol. The minimum atomic E-state index is -0.251. The summed E-state index contributed by atoms with van der Waals surface area (Å²) in [7, 11) is 0. The lowest BCUT2D eigenvalue weighted by Gasteiger charge is -2.23. The van der Waals surface area contributed by atoms with E-state index in [2.05, 4.69) is 15.2 Å². The van der Waals surface area contributed by atoms with Crippen molar-refractivity contribution in [2.24, 2.45) is 0 Å². The quantitative estimate of drug-likeness (QED) is 0.656. The Hall–Kier alpha value is -2.93. The van der Waals surface area contributed by atoms with E-state index < -0.39 is 0 Å². The van der Waals surface area contributed by atoms with Crippen LogP contribution in [0.3, 0.4) is 0 Å². The van der Waals surface area contributed by atoms with Crippen molar-refractivity contribution in [2.45, 2.75) is 13.3 Å². The zero-order valence-electron chi connectivity index (χ0n) is 16.1. The maximum absolute atomic E-state index is 13.2. The van der Waals surface area contributed by atoms with Gasteiger partial charge in [-0.3, -0.25) is 4.79 Å². The van der Waals surface area contributed by atoms with E-state index in [1.165, 1.54) is 12.1 Å². The average molecular weight is 414 g/mol. The van der Waals surface area contributed by atoms with Crippen molar-refractivity contribution < 1.29 is 9.18 Å². The Labute approximate surface area is 173 Å². The second-order valence-corrected chi connectivity index (χ2v) is 7.46. The van der Waals surface area contributed by atoms with Crippen molar-refractivity contribution >= 4 is 23.2 Å². The summed E-state index contributed by atoms with van der Waals surface area (Å²) in [6.07, 6.45) is 0.824. The Morgan fingerprint density at radius 2 is 1.83 bits per heavy atom. The number of anilines is 1. The largest absolute Gasteiger partial charge is 0.370 e. The number of halogens is 2. The smallest absolute Gasteiger partial charge is 0.276 e. The van der Waals surface area contributed by atoms with Crippen molar-refractivity contribution in [1.29, 1.82) is 0 Å². The Balaban J connectivity index is 1.49. The van der Waals surface area contributed by atoms with E-state index in [0.29, 0.717) is 36.0 Å². The molecule has 0 saturated carbocycles. The number of benzene rings is 2. The third-order valence-electron chi connectivity index (χ3n) is 5.12. The lowest BCUT2D eigenvalue weighted by atomic mass is 10.2. The lowest BCUT2D eigenvalue weighted by molar-refractivity contribution is 0.0760. The van der Waals surface area contributed by atoms with E-state index in [0.717, 1.165) is 24.3 Å². The molecule has 1 aliphatic heterocycles. The van der Waals surface area contributed by atoms with Gasteiger partial charge in [0.1, 0.15) is 5.82 Å². The van der Waals surface area contributed by atoms with Crippen LogP contribution in [0.4, 0.5) is 10.1 Å². The molecule has 0 bridgehead atoms. The summed E-state index contributed by atoms with van der Waals surface area (Å²) in [6, 6.07) is 13.7. The normalized spacial score (nSPS) is 14.7. The molecule has 1 aromatic heterocycles. The van der Waals surface area contributed by atoms with Gasteiger partial charge in [0.15, 0.2) is 5.69 Å². The summed E-state index contributed by atoms with van der Waals surface area (Å²) < 4.78 is 14.8. The molecule has 1 fully saturated rings. The predicted octanol–water partition coefficient (Wildman–Crippen LogP) is 3.72. The summed E-state index contributed by atoms with van der Waals surface area (Å²) in [4.78, 5) is 17.1. The number of amides is 1. The number of carbonyl (C=O) groups is 1. The molecule has 8 heteroatoms. The van der Waals surface area contributed by atoms with Gasteiger partial charge in [-0.2, -0.15) is 0 Å². The molecule has 1 saturated heterocycles. The molecule has 1 amide bonds. The fourth-order valence-corrected chi connectivity index (χ4v) is 3.74. The van der Waals surface area contributed by atoms with Crippen molar-refractivity contribution in [3.63, 3.8) is 0 Å². The SMILES string of the molecule is Cc1c(C(=O)N2CCCN(c3ccc(F)cc3)CC2)nnn1-c1cccc(Cl)c1. The van der Waals surface area contributed by atoms with Gasteiger partial charge in [0.25, 0.3) is 5.91 Å². The first kappa shape index (κ1) is 19.4. The first-order chi connectivity index (χ1) is 14.0. The van der Waals surface area contributed by atoms with Crippen molar-refractivity contribution in [2.75, 3.05) is 31.1 Å². The molecule has 1 aliphatic rings. The van der Waals surface area contributed by atoms with Gasteiger partial charge >= 0.3 is 0 Å². The number of nitrogens with zero attached hydrogens (tertiary/aromatic N) is 5. The Morgan fingerprint density at radius 3 is 2.59 bits per heavy atom. The number of aromatic nitrogens is 3. The fourth-order valence-electron chi connectivity index (χ4n) is 3.56. The molecule has 150 valence electrons. The molecule has 0 atom stereocenters. The van der Waals surface area contributed by atoms with Gasteiger partial charge in [0, 0.05) is 36.9 Å². The van der Waals surface area contributed by atoms with Crippen LogP contribution in [0.2, 0.25) is 5.02 Å². The van der Waals surface area contributed by atoms with Crippen LogP contribution in [0.25, 0.3) is 5.69 Å². The Morgan fingerprint density at radius 1 is 1.03 bits per heavy atom. The first-order valence-electron chi connectivity index (χ1n) is 9.51. The second kappa shape index (κ2) is 8.21.